The van der Waals surface area contributed by atoms with Gasteiger partial charge in [0.1, 0.15) is 16.8 Å². The van der Waals surface area contributed by atoms with Gasteiger partial charge >= 0.3 is 5.97 Å². The van der Waals surface area contributed by atoms with Crippen molar-refractivity contribution in [1.82, 2.24) is 0 Å². The highest BCUT2D eigenvalue weighted by Crippen LogP contribution is 2.20. The van der Waals surface area contributed by atoms with Crippen molar-refractivity contribution in [3.05, 3.63) is 29.6 Å². The van der Waals surface area contributed by atoms with E-state index < -0.39 is 11.9 Å². The Balaban J connectivity index is 3.04. The largest absolute Gasteiger partial charge is 0.467 e. The molecule has 1 rings (SSSR count). The van der Waals surface area contributed by atoms with E-state index in [0.717, 1.165) is 0 Å². The maximum Gasteiger partial charge on any atom is 0.328 e. The van der Waals surface area contributed by atoms with Crippen molar-refractivity contribution >= 4 is 28.9 Å². The first-order valence-electron chi connectivity index (χ1n) is 6.28. The van der Waals surface area contributed by atoms with Crippen molar-refractivity contribution in [2.45, 2.75) is 26.3 Å². The van der Waals surface area contributed by atoms with Crippen molar-refractivity contribution in [3.63, 3.8) is 0 Å². The smallest absolute Gasteiger partial charge is 0.328 e. The molecule has 0 aliphatic heterocycles. The van der Waals surface area contributed by atoms with Crippen LogP contribution in [0, 0.1) is 11.7 Å². The second-order valence-electron chi connectivity index (χ2n) is 4.90. The van der Waals surface area contributed by atoms with E-state index in [1.54, 1.807) is 0 Å². The standard InChI is InChI=1S/C14H19FN2O2S/c1-8(2)6-12(14(18)19-3)17-11-5-4-9(15)7-10(11)13(16)20/h4-5,7-8,12,17H,6H2,1-3H3,(H2,16,20). The number of hydrogen-bond donors (Lipinski definition) is 2. The Kier molecular flexibility index (Phi) is 5.88. The molecule has 0 spiro atoms. The zero-order valence-electron chi connectivity index (χ0n) is 11.8. The van der Waals surface area contributed by atoms with Gasteiger partial charge in [-0.15, -0.1) is 0 Å². The predicted molar refractivity (Wildman–Crippen MR) is 81.2 cm³/mol. The molecule has 0 bridgehead atoms. The molecule has 3 N–H and O–H groups in total. The number of anilines is 1. The average Bonchev–Trinajstić information content (AvgIpc) is 2.38. The molecule has 0 aliphatic rings. The summed E-state index contributed by atoms with van der Waals surface area (Å²) >= 11 is 4.90. The summed E-state index contributed by atoms with van der Waals surface area (Å²) in [5, 5.41) is 3.03. The lowest BCUT2D eigenvalue weighted by Gasteiger charge is -2.21. The van der Waals surface area contributed by atoms with Gasteiger partial charge in [0.05, 0.1) is 7.11 Å². The van der Waals surface area contributed by atoms with Gasteiger partial charge in [0.2, 0.25) is 0 Å². The fourth-order valence-electron chi connectivity index (χ4n) is 1.86. The summed E-state index contributed by atoms with van der Waals surface area (Å²) in [6.07, 6.45) is 0.584. The van der Waals surface area contributed by atoms with Crippen molar-refractivity contribution in [2.24, 2.45) is 11.7 Å². The van der Waals surface area contributed by atoms with Gasteiger partial charge in [0.15, 0.2) is 0 Å². The van der Waals surface area contributed by atoms with E-state index in [2.05, 4.69) is 5.32 Å². The minimum Gasteiger partial charge on any atom is -0.467 e. The van der Waals surface area contributed by atoms with E-state index in [0.29, 0.717) is 23.6 Å². The third-order valence-corrected chi connectivity index (χ3v) is 2.99. The third kappa shape index (κ3) is 4.45. The maximum absolute atomic E-state index is 13.2. The number of hydrogen-bond acceptors (Lipinski definition) is 4. The molecule has 110 valence electrons. The Morgan fingerprint density at radius 2 is 2.15 bits per heavy atom. The van der Waals surface area contributed by atoms with Crippen LogP contribution in [-0.4, -0.2) is 24.1 Å². The lowest BCUT2D eigenvalue weighted by atomic mass is 10.0. The first kappa shape index (κ1) is 16.4. The number of thiocarbonyl (C=S) groups is 1. The van der Waals surface area contributed by atoms with E-state index in [4.69, 9.17) is 22.7 Å². The Bertz CT molecular complexity index is 506. The number of halogens is 1. The van der Waals surface area contributed by atoms with Crippen molar-refractivity contribution in [2.75, 3.05) is 12.4 Å². The molecule has 20 heavy (non-hydrogen) atoms. The van der Waals surface area contributed by atoms with Crippen molar-refractivity contribution in [3.8, 4) is 0 Å². The molecule has 4 nitrogen and oxygen atoms in total. The van der Waals surface area contributed by atoms with Crippen molar-refractivity contribution in [1.29, 1.82) is 0 Å². The molecule has 0 fully saturated rings. The summed E-state index contributed by atoms with van der Waals surface area (Å²) in [6.45, 7) is 3.99. The molecule has 1 atom stereocenters. The summed E-state index contributed by atoms with van der Waals surface area (Å²) in [7, 11) is 1.33. The average molecular weight is 298 g/mol. The SMILES string of the molecule is COC(=O)C(CC(C)C)Nc1ccc(F)cc1C(N)=S. The zero-order chi connectivity index (χ0) is 15.3. The second-order valence-corrected chi connectivity index (χ2v) is 5.34. The van der Waals surface area contributed by atoms with Gasteiger partial charge in [-0.05, 0) is 30.5 Å². The molecule has 0 saturated carbocycles. The zero-order valence-corrected chi connectivity index (χ0v) is 12.6. The lowest BCUT2D eigenvalue weighted by molar-refractivity contribution is -0.141. The van der Waals surface area contributed by atoms with Crippen LogP contribution in [0.1, 0.15) is 25.8 Å². The van der Waals surface area contributed by atoms with E-state index in [1.807, 2.05) is 13.8 Å². The Morgan fingerprint density at radius 3 is 2.65 bits per heavy atom. The van der Waals surface area contributed by atoms with E-state index in [1.165, 1.54) is 25.3 Å². The highest BCUT2D eigenvalue weighted by atomic mass is 32.1. The van der Waals surface area contributed by atoms with Crippen LogP contribution in [0.4, 0.5) is 10.1 Å². The van der Waals surface area contributed by atoms with Gasteiger partial charge in [0.25, 0.3) is 0 Å². The molecule has 1 unspecified atom stereocenters. The van der Waals surface area contributed by atoms with Gasteiger partial charge in [-0.3, -0.25) is 0 Å². The number of nitrogens with one attached hydrogen (secondary N) is 1. The van der Waals surface area contributed by atoms with Crippen LogP contribution < -0.4 is 11.1 Å². The number of esters is 1. The van der Waals surface area contributed by atoms with E-state index >= 15 is 0 Å². The van der Waals surface area contributed by atoms with E-state index in [9.17, 15) is 9.18 Å². The minimum absolute atomic E-state index is 0.0696. The molecular formula is C14H19FN2O2S. The highest BCUT2D eigenvalue weighted by molar-refractivity contribution is 7.80. The van der Waals surface area contributed by atoms with Crippen molar-refractivity contribution < 1.29 is 13.9 Å². The first-order valence-corrected chi connectivity index (χ1v) is 6.69. The van der Waals surface area contributed by atoms with Crippen LogP contribution in [-0.2, 0) is 9.53 Å². The first-order chi connectivity index (χ1) is 9.35. The molecule has 1 aromatic carbocycles. The number of rotatable bonds is 6. The van der Waals surface area contributed by atoms with Crippen LogP contribution in [0.15, 0.2) is 18.2 Å². The summed E-state index contributed by atoms with van der Waals surface area (Å²) in [5.74, 6) is -0.519. The highest BCUT2D eigenvalue weighted by Gasteiger charge is 2.21. The number of carbonyl (C=O) groups excluding carboxylic acids is 1. The minimum atomic E-state index is -0.529. The monoisotopic (exact) mass is 298 g/mol. The van der Waals surface area contributed by atoms with Crippen LogP contribution in [0.3, 0.4) is 0 Å². The van der Waals surface area contributed by atoms with Gasteiger partial charge in [-0.25, -0.2) is 9.18 Å². The summed E-state index contributed by atoms with van der Waals surface area (Å²) in [6, 6.07) is 3.51. The van der Waals surface area contributed by atoms with E-state index in [-0.39, 0.29) is 11.0 Å². The topological polar surface area (TPSA) is 64.3 Å². The molecule has 1 aromatic rings. The van der Waals surface area contributed by atoms with Gasteiger partial charge < -0.3 is 15.8 Å². The Labute approximate surface area is 123 Å². The maximum atomic E-state index is 13.2. The van der Waals surface area contributed by atoms with Crippen LogP contribution >= 0.6 is 12.2 Å². The molecule has 0 amide bonds. The summed E-state index contributed by atoms with van der Waals surface area (Å²) in [5.41, 5.74) is 6.47. The van der Waals surface area contributed by atoms with Gasteiger partial charge in [-0.2, -0.15) is 0 Å². The lowest BCUT2D eigenvalue weighted by Crippen LogP contribution is -2.33. The predicted octanol–water partition coefficient (Wildman–Crippen LogP) is 2.46. The van der Waals surface area contributed by atoms with Crippen LogP contribution in [0.2, 0.25) is 0 Å². The molecule has 0 aromatic heterocycles. The number of benzene rings is 1. The number of ether oxygens (including phenoxy) is 1. The quantitative estimate of drug-likeness (QED) is 0.624. The molecule has 0 saturated heterocycles. The number of methoxy groups -OCH3 is 1. The fraction of sp³-hybridized carbons (Fsp3) is 0.429. The molecule has 0 heterocycles. The fourth-order valence-corrected chi connectivity index (χ4v) is 2.03. The number of nitrogens with two attached hydrogens (primary N) is 1. The summed E-state index contributed by atoms with van der Waals surface area (Å²) < 4.78 is 18.0. The second kappa shape index (κ2) is 7.19. The van der Waals surface area contributed by atoms with Gasteiger partial charge in [0, 0.05) is 11.3 Å². The Hall–Kier alpha value is -1.69. The third-order valence-electron chi connectivity index (χ3n) is 2.77. The van der Waals surface area contributed by atoms with Crippen LogP contribution in [0.5, 0.6) is 0 Å². The normalized spacial score (nSPS) is 12.1. The van der Waals surface area contributed by atoms with Gasteiger partial charge in [-0.1, -0.05) is 26.1 Å². The molecule has 6 heteroatoms. The molecular weight excluding hydrogens is 279 g/mol. The number of carbonyl (C=O) groups is 1. The molecule has 0 aliphatic carbocycles. The van der Waals surface area contributed by atoms with Crippen LogP contribution in [0.25, 0.3) is 0 Å². The molecule has 0 radical (unpaired) electrons. The Morgan fingerprint density at radius 1 is 1.50 bits per heavy atom. The summed E-state index contributed by atoms with van der Waals surface area (Å²) in [4.78, 5) is 11.8.